The lowest BCUT2D eigenvalue weighted by Crippen LogP contribution is -2.51. The van der Waals surface area contributed by atoms with Gasteiger partial charge in [-0.3, -0.25) is 34.2 Å². The van der Waals surface area contributed by atoms with Crippen molar-refractivity contribution in [2.24, 2.45) is 0 Å². The number of para-hydroxylation sites is 1. The molecule has 0 aromatic heterocycles. The van der Waals surface area contributed by atoms with Crippen molar-refractivity contribution in [1.82, 2.24) is 10.2 Å². The minimum atomic E-state index is -1.34. The highest BCUT2D eigenvalue weighted by Gasteiger charge is 2.42. The number of nitrogens with one attached hydrogen (secondary N) is 2. The van der Waals surface area contributed by atoms with Crippen LogP contribution in [0.25, 0.3) is 0 Å². The first-order chi connectivity index (χ1) is 18.1. The molecule has 1 aliphatic heterocycles. The van der Waals surface area contributed by atoms with Crippen LogP contribution < -0.4 is 10.6 Å². The van der Waals surface area contributed by atoms with E-state index in [0.29, 0.717) is 5.69 Å². The van der Waals surface area contributed by atoms with Crippen molar-refractivity contribution in [3.8, 4) is 0 Å². The van der Waals surface area contributed by atoms with Gasteiger partial charge in [0.15, 0.2) is 0 Å². The number of nitro groups is 1. The molecule has 1 heterocycles. The predicted octanol–water partition coefficient (Wildman–Crippen LogP) is 4.08. The largest absolute Gasteiger partial charge is 0.339 e. The van der Waals surface area contributed by atoms with E-state index >= 15 is 0 Å². The lowest BCUT2D eigenvalue weighted by Gasteiger charge is -2.27. The van der Waals surface area contributed by atoms with Crippen molar-refractivity contribution in [2.45, 2.75) is 39.3 Å². The number of hydrogen-bond acceptors (Lipinski definition) is 6. The third-order valence-corrected chi connectivity index (χ3v) is 6.52. The zero-order valence-electron chi connectivity index (χ0n) is 21.1. The topological polar surface area (TPSA) is 139 Å². The lowest BCUT2D eigenvalue weighted by molar-refractivity contribution is -0.384. The molecule has 0 aliphatic carbocycles. The number of benzene rings is 3. The van der Waals surface area contributed by atoms with Crippen molar-refractivity contribution < 1.29 is 24.1 Å². The fraction of sp³-hybridized carbons (Fsp3) is 0.214. The summed E-state index contributed by atoms with van der Waals surface area (Å²) in [6, 6.07) is 14.6. The number of nitro benzene ring substituents is 1. The van der Waals surface area contributed by atoms with Crippen LogP contribution in [-0.4, -0.2) is 39.5 Å². The van der Waals surface area contributed by atoms with Crippen molar-refractivity contribution in [2.75, 3.05) is 5.32 Å². The van der Waals surface area contributed by atoms with Crippen LogP contribution in [0.2, 0.25) is 0 Å². The SMILES string of the molecule is CC[C@@H](C(=O)N[C@H](C(=O)Nc1c(C)cccc1C)c1cccc([N+](=O)[O-])c1)N1C(=O)c2ccccc2C1=O. The van der Waals surface area contributed by atoms with E-state index in [0.717, 1.165) is 16.0 Å². The Bertz CT molecular complexity index is 1410. The average molecular weight is 515 g/mol. The number of nitrogens with zero attached hydrogens (tertiary/aromatic N) is 2. The van der Waals surface area contributed by atoms with E-state index < -0.39 is 40.6 Å². The summed E-state index contributed by atoms with van der Waals surface area (Å²) in [5, 5.41) is 16.8. The molecule has 4 rings (SSSR count). The maximum Gasteiger partial charge on any atom is 0.269 e. The molecule has 2 N–H and O–H groups in total. The number of fused-ring (bicyclic) bond motifs is 1. The zero-order chi connectivity index (χ0) is 27.6. The highest BCUT2D eigenvalue weighted by molar-refractivity contribution is 6.23. The van der Waals surface area contributed by atoms with Gasteiger partial charge in [-0.25, -0.2) is 0 Å². The number of hydrogen-bond donors (Lipinski definition) is 2. The number of aryl methyl sites for hydroxylation is 2. The molecule has 3 aromatic rings. The standard InChI is InChI=1S/C28H26N4O6/c1-4-22(31-27(35)20-13-5-6-14-21(20)28(31)36)25(33)30-24(18-11-8-12-19(15-18)32(37)38)26(34)29-23-16(2)9-7-10-17(23)3/h5-15,22,24H,4H2,1-3H3,(H,29,34)(H,30,33)/t22-,24-/m0/s1. The number of non-ortho nitro benzene ring substituents is 1. The molecule has 3 aromatic carbocycles. The van der Waals surface area contributed by atoms with E-state index in [4.69, 9.17) is 0 Å². The van der Waals surface area contributed by atoms with Crippen LogP contribution in [0.1, 0.15) is 56.8 Å². The van der Waals surface area contributed by atoms with Gasteiger partial charge in [-0.05, 0) is 49.1 Å². The van der Waals surface area contributed by atoms with Crippen LogP contribution in [-0.2, 0) is 9.59 Å². The van der Waals surface area contributed by atoms with Crippen LogP contribution in [0.4, 0.5) is 11.4 Å². The Morgan fingerprint density at radius 2 is 1.47 bits per heavy atom. The molecule has 10 heteroatoms. The van der Waals surface area contributed by atoms with E-state index in [1.807, 2.05) is 32.0 Å². The number of carbonyl (C=O) groups excluding carboxylic acids is 4. The molecule has 0 fully saturated rings. The molecule has 0 saturated carbocycles. The number of imide groups is 1. The van der Waals surface area contributed by atoms with Gasteiger partial charge in [-0.2, -0.15) is 0 Å². The molecular formula is C28H26N4O6. The Labute approximate surface area is 218 Å². The summed E-state index contributed by atoms with van der Waals surface area (Å²) in [5.74, 6) is -2.57. The van der Waals surface area contributed by atoms with Gasteiger partial charge in [0.1, 0.15) is 12.1 Å². The Kier molecular flexibility index (Phi) is 7.33. The normalized spacial score (nSPS) is 14.0. The third-order valence-electron chi connectivity index (χ3n) is 6.52. The molecule has 0 radical (unpaired) electrons. The summed E-state index contributed by atoms with van der Waals surface area (Å²) >= 11 is 0. The van der Waals surface area contributed by atoms with Crippen LogP contribution in [0, 0.1) is 24.0 Å². The molecule has 194 valence electrons. The second kappa shape index (κ2) is 10.6. The molecule has 2 atom stereocenters. The molecule has 0 bridgehead atoms. The molecule has 38 heavy (non-hydrogen) atoms. The summed E-state index contributed by atoms with van der Waals surface area (Å²) in [5.41, 5.74) is 2.45. The highest BCUT2D eigenvalue weighted by Crippen LogP contribution is 2.28. The number of anilines is 1. The lowest BCUT2D eigenvalue weighted by atomic mass is 10.0. The fourth-order valence-corrected chi connectivity index (χ4v) is 4.54. The monoisotopic (exact) mass is 514 g/mol. The molecule has 0 unspecified atom stereocenters. The van der Waals surface area contributed by atoms with Crippen molar-refractivity contribution in [3.05, 3.63) is 105 Å². The molecule has 10 nitrogen and oxygen atoms in total. The summed E-state index contributed by atoms with van der Waals surface area (Å²) < 4.78 is 0. The number of rotatable bonds is 8. The quantitative estimate of drug-likeness (QED) is 0.264. The van der Waals surface area contributed by atoms with E-state index in [9.17, 15) is 29.3 Å². The second-order valence-corrected chi connectivity index (χ2v) is 9.00. The van der Waals surface area contributed by atoms with Gasteiger partial charge in [0.05, 0.1) is 16.1 Å². The van der Waals surface area contributed by atoms with Crippen molar-refractivity contribution in [3.63, 3.8) is 0 Å². The molecule has 1 aliphatic rings. The molecule has 0 spiro atoms. The summed E-state index contributed by atoms with van der Waals surface area (Å²) in [7, 11) is 0. The summed E-state index contributed by atoms with van der Waals surface area (Å²) in [6.07, 6.45) is 0.0947. The Morgan fingerprint density at radius 1 is 0.895 bits per heavy atom. The van der Waals surface area contributed by atoms with Crippen LogP contribution in [0.5, 0.6) is 0 Å². The second-order valence-electron chi connectivity index (χ2n) is 9.00. The first-order valence-corrected chi connectivity index (χ1v) is 12.0. The van der Waals surface area contributed by atoms with Crippen LogP contribution >= 0.6 is 0 Å². The zero-order valence-corrected chi connectivity index (χ0v) is 21.1. The predicted molar refractivity (Wildman–Crippen MR) is 140 cm³/mol. The first kappa shape index (κ1) is 26.2. The van der Waals surface area contributed by atoms with Crippen molar-refractivity contribution >= 4 is 35.0 Å². The first-order valence-electron chi connectivity index (χ1n) is 12.0. The van der Waals surface area contributed by atoms with Gasteiger partial charge >= 0.3 is 0 Å². The minimum Gasteiger partial charge on any atom is -0.339 e. The maximum absolute atomic E-state index is 13.5. The number of carbonyl (C=O) groups is 4. The van der Waals surface area contributed by atoms with Gasteiger partial charge in [0.2, 0.25) is 5.91 Å². The smallest absolute Gasteiger partial charge is 0.269 e. The molecule has 0 saturated heterocycles. The molecular weight excluding hydrogens is 488 g/mol. The van der Waals surface area contributed by atoms with Gasteiger partial charge in [0.25, 0.3) is 23.4 Å². The van der Waals surface area contributed by atoms with E-state index in [-0.39, 0.29) is 28.8 Å². The Balaban J connectivity index is 1.68. The van der Waals surface area contributed by atoms with E-state index in [2.05, 4.69) is 10.6 Å². The third kappa shape index (κ3) is 4.88. The van der Waals surface area contributed by atoms with Gasteiger partial charge in [0, 0.05) is 17.8 Å². The van der Waals surface area contributed by atoms with Crippen molar-refractivity contribution in [1.29, 1.82) is 0 Å². The molecule has 4 amide bonds. The minimum absolute atomic E-state index is 0.0947. The Morgan fingerprint density at radius 3 is 2.03 bits per heavy atom. The highest BCUT2D eigenvalue weighted by atomic mass is 16.6. The summed E-state index contributed by atoms with van der Waals surface area (Å²) in [4.78, 5) is 64.8. The van der Waals surface area contributed by atoms with Gasteiger partial charge in [-0.1, -0.05) is 49.4 Å². The van der Waals surface area contributed by atoms with Gasteiger partial charge < -0.3 is 10.6 Å². The number of amides is 4. The summed E-state index contributed by atoms with van der Waals surface area (Å²) in [6.45, 7) is 5.28. The van der Waals surface area contributed by atoms with Crippen LogP contribution in [0.15, 0.2) is 66.7 Å². The maximum atomic E-state index is 13.5. The van der Waals surface area contributed by atoms with E-state index in [1.54, 1.807) is 19.1 Å². The average Bonchev–Trinajstić information content (AvgIpc) is 3.15. The fourth-order valence-electron chi connectivity index (χ4n) is 4.54. The van der Waals surface area contributed by atoms with E-state index in [1.165, 1.54) is 36.4 Å². The van der Waals surface area contributed by atoms with Gasteiger partial charge in [-0.15, -0.1) is 0 Å². The Hall–Kier alpha value is -4.86. The van der Waals surface area contributed by atoms with Crippen LogP contribution in [0.3, 0.4) is 0 Å².